The van der Waals surface area contributed by atoms with E-state index in [1.165, 1.54) is 0 Å². The summed E-state index contributed by atoms with van der Waals surface area (Å²) >= 11 is 19.5. The van der Waals surface area contributed by atoms with E-state index in [0.717, 1.165) is 26.0 Å². The molecule has 2 aromatic rings. The zero-order valence-corrected chi connectivity index (χ0v) is 16.5. The Labute approximate surface area is 161 Å². The van der Waals surface area contributed by atoms with E-state index in [2.05, 4.69) is 37.2 Å². The van der Waals surface area contributed by atoms with Gasteiger partial charge in [-0.3, -0.25) is 4.99 Å². The molecule has 2 aromatic carbocycles. The summed E-state index contributed by atoms with van der Waals surface area (Å²) in [6.45, 7) is 0.872. The Morgan fingerprint density at radius 1 is 1.13 bits per heavy atom. The third kappa shape index (κ3) is 4.09. The molecule has 23 heavy (non-hydrogen) atoms. The maximum atomic E-state index is 6.27. The van der Waals surface area contributed by atoms with E-state index in [-0.39, 0.29) is 6.04 Å². The number of aliphatic imine (C=N–C) groups is 1. The molecule has 3 nitrogen and oxygen atoms in total. The molecule has 0 saturated carbocycles. The van der Waals surface area contributed by atoms with Gasteiger partial charge in [-0.1, -0.05) is 45.2 Å². The van der Waals surface area contributed by atoms with E-state index >= 15 is 0 Å². The van der Waals surface area contributed by atoms with Crippen molar-refractivity contribution in [2.24, 2.45) is 4.99 Å². The Kier molecular flexibility index (Phi) is 5.65. The number of rotatable bonds is 2. The normalized spacial score (nSPS) is 17.7. The quantitative estimate of drug-likeness (QED) is 0.565. The van der Waals surface area contributed by atoms with Gasteiger partial charge in [-0.25, -0.2) is 0 Å². The predicted octanol–water partition coefficient (Wildman–Crippen LogP) is 6.10. The van der Waals surface area contributed by atoms with Gasteiger partial charge in [-0.2, -0.15) is 0 Å². The minimum atomic E-state index is -0.221. The summed E-state index contributed by atoms with van der Waals surface area (Å²) in [6, 6.07) is 11.1. The molecule has 7 heteroatoms. The third-order valence-corrected chi connectivity index (χ3v) is 5.18. The number of anilines is 1. The van der Waals surface area contributed by atoms with E-state index < -0.39 is 0 Å². The van der Waals surface area contributed by atoms with Crippen molar-refractivity contribution in [2.75, 3.05) is 18.5 Å². The first kappa shape index (κ1) is 17.2. The maximum Gasteiger partial charge on any atom is 0.128 e. The van der Waals surface area contributed by atoms with Crippen molar-refractivity contribution in [1.29, 1.82) is 0 Å². The highest BCUT2D eigenvalue weighted by atomic mass is 79.9. The van der Waals surface area contributed by atoms with Gasteiger partial charge in [0.1, 0.15) is 18.5 Å². The Bertz CT molecular complexity index is 747. The smallest absolute Gasteiger partial charge is 0.128 e. The highest BCUT2D eigenvalue weighted by Gasteiger charge is 2.22. The molecular weight excluding hydrogens is 467 g/mol. The number of amidine groups is 1. The lowest BCUT2D eigenvalue weighted by Crippen LogP contribution is -2.27. The fourth-order valence-electron chi connectivity index (χ4n) is 2.32. The summed E-state index contributed by atoms with van der Waals surface area (Å²) < 4.78 is 7.59. The van der Waals surface area contributed by atoms with Crippen LogP contribution in [0.5, 0.6) is 0 Å². The van der Waals surface area contributed by atoms with Crippen molar-refractivity contribution in [3.8, 4) is 0 Å². The number of hydrogen-bond donors (Lipinski definition) is 1. The lowest BCUT2D eigenvalue weighted by atomic mass is 10.1. The first-order chi connectivity index (χ1) is 11.0. The molecule has 1 unspecified atom stereocenters. The van der Waals surface area contributed by atoms with Crippen LogP contribution in [0.25, 0.3) is 0 Å². The molecule has 0 fully saturated rings. The third-order valence-electron chi connectivity index (χ3n) is 3.37. The van der Waals surface area contributed by atoms with Gasteiger partial charge in [0.15, 0.2) is 0 Å². The van der Waals surface area contributed by atoms with Crippen molar-refractivity contribution < 1.29 is 4.74 Å². The van der Waals surface area contributed by atoms with Crippen LogP contribution in [0, 0.1) is 0 Å². The zero-order valence-electron chi connectivity index (χ0n) is 11.8. The standard InChI is InChI=1S/C16H12Br2Cl2N2O/c17-9-4-5-13(10(18)6-9)21-15-8-23-7-14(22-15)16-11(19)2-1-3-12(16)20/h1-6,14H,7-8H2,(H,21,22). The molecule has 0 aromatic heterocycles. The van der Waals surface area contributed by atoms with E-state index in [1.54, 1.807) is 0 Å². The highest BCUT2D eigenvalue weighted by Crippen LogP contribution is 2.34. The molecule has 1 aliphatic rings. The van der Waals surface area contributed by atoms with Gasteiger partial charge in [0.2, 0.25) is 0 Å². The molecule has 1 N–H and O–H groups in total. The molecule has 0 radical (unpaired) electrons. The molecule has 0 amide bonds. The summed E-state index contributed by atoms with van der Waals surface area (Å²) in [5.41, 5.74) is 1.71. The Hall–Kier alpha value is -0.590. The molecule has 120 valence electrons. The summed E-state index contributed by atoms with van der Waals surface area (Å²) in [6.07, 6.45) is 0. The molecule has 1 heterocycles. The fraction of sp³-hybridized carbons (Fsp3) is 0.188. The molecule has 0 saturated heterocycles. The number of ether oxygens (including phenoxy) is 1. The van der Waals surface area contributed by atoms with Crippen molar-refractivity contribution in [3.63, 3.8) is 0 Å². The van der Waals surface area contributed by atoms with E-state index in [0.29, 0.717) is 23.3 Å². The van der Waals surface area contributed by atoms with Crippen LogP contribution in [-0.4, -0.2) is 19.0 Å². The second-order valence-electron chi connectivity index (χ2n) is 4.99. The van der Waals surface area contributed by atoms with Gasteiger partial charge in [-0.15, -0.1) is 0 Å². The number of nitrogens with one attached hydrogen (secondary N) is 1. The topological polar surface area (TPSA) is 33.6 Å². The van der Waals surface area contributed by atoms with Crippen LogP contribution in [0.4, 0.5) is 5.69 Å². The van der Waals surface area contributed by atoms with Crippen LogP contribution >= 0.6 is 55.1 Å². The van der Waals surface area contributed by atoms with E-state index in [1.807, 2.05) is 36.4 Å². The number of benzene rings is 2. The number of halogens is 4. The second-order valence-corrected chi connectivity index (χ2v) is 7.58. The molecule has 0 spiro atoms. The first-order valence-corrected chi connectivity index (χ1v) is 9.19. The summed E-state index contributed by atoms with van der Waals surface area (Å²) in [5.74, 6) is 0.736. The zero-order chi connectivity index (χ0) is 16.4. The van der Waals surface area contributed by atoms with Gasteiger partial charge < -0.3 is 10.1 Å². The Balaban J connectivity index is 1.87. The van der Waals surface area contributed by atoms with Crippen LogP contribution in [0.3, 0.4) is 0 Å². The summed E-state index contributed by atoms with van der Waals surface area (Å²) in [5, 5.41) is 4.48. The van der Waals surface area contributed by atoms with Gasteiger partial charge in [0.25, 0.3) is 0 Å². The number of nitrogens with zero attached hydrogens (tertiary/aromatic N) is 1. The fourth-order valence-corrected chi connectivity index (χ4v) is 4.12. The van der Waals surface area contributed by atoms with Crippen LogP contribution in [0.1, 0.15) is 11.6 Å². The Morgan fingerprint density at radius 2 is 1.87 bits per heavy atom. The van der Waals surface area contributed by atoms with Crippen molar-refractivity contribution in [3.05, 3.63) is 61.0 Å². The average molecular weight is 479 g/mol. The molecule has 3 rings (SSSR count). The van der Waals surface area contributed by atoms with E-state index in [4.69, 9.17) is 32.9 Å². The minimum Gasteiger partial charge on any atom is -0.371 e. The van der Waals surface area contributed by atoms with Gasteiger partial charge in [0.05, 0.1) is 12.3 Å². The molecule has 1 aliphatic heterocycles. The molecule has 0 bridgehead atoms. The van der Waals surface area contributed by atoms with E-state index in [9.17, 15) is 0 Å². The molecule has 1 atom stereocenters. The second kappa shape index (κ2) is 7.53. The molecule has 0 aliphatic carbocycles. The lowest BCUT2D eigenvalue weighted by Gasteiger charge is -2.23. The first-order valence-electron chi connectivity index (χ1n) is 6.85. The SMILES string of the molecule is Clc1cccc(Cl)c1C1COCC(Nc2ccc(Br)cc2Br)=N1. The monoisotopic (exact) mass is 476 g/mol. The van der Waals surface area contributed by atoms with Crippen LogP contribution in [0.2, 0.25) is 10.0 Å². The summed E-state index contributed by atoms with van der Waals surface area (Å²) in [4.78, 5) is 4.71. The van der Waals surface area contributed by atoms with Crippen molar-refractivity contribution in [1.82, 2.24) is 0 Å². The molecular formula is C16H12Br2Cl2N2O. The van der Waals surface area contributed by atoms with Crippen molar-refractivity contribution in [2.45, 2.75) is 6.04 Å². The van der Waals surface area contributed by atoms with Crippen LogP contribution in [0.15, 0.2) is 50.3 Å². The van der Waals surface area contributed by atoms with Gasteiger partial charge >= 0.3 is 0 Å². The van der Waals surface area contributed by atoms with Crippen LogP contribution in [-0.2, 0) is 4.74 Å². The van der Waals surface area contributed by atoms with Crippen LogP contribution < -0.4 is 5.32 Å². The average Bonchev–Trinajstić information content (AvgIpc) is 2.50. The Morgan fingerprint density at radius 3 is 2.57 bits per heavy atom. The highest BCUT2D eigenvalue weighted by molar-refractivity contribution is 9.11. The van der Waals surface area contributed by atoms with Crippen molar-refractivity contribution >= 4 is 66.6 Å². The van der Waals surface area contributed by atoms with Gasteiger partial charge in [-0.05, 0) is 46.3 Å². The summed E-state index contributed by atoms with van der Waals surface area (Å²) in [7, 11) is 0. The number of hydrogen-bond acceptors (Lipinski definition) is 3. The maximum absolute atomic E-state index is 6.27. The lowest BCUT2D eigenvalue weighted by molar-refractivity contribution is 0.144. The largest absolute Gasteiger partial charge is 0.371 e. The predicted molar refractivity (Wildman–Crippen MR) is 103 cm³/mol. The van der Waals surface area contributed by atoms with Gasteiger partial charge in [0, 0.05) is 24.6 Å². The minimum absolute atomic E-state index is 0.221.